The molecule has 0 aliphatic carbocycles. The zero-order valence-corrected chi connectivity index (χ0v) is 11.9. The average Bonchev–Trinajstić information content (AvgIpc) is 2.47. The molecule has 0 heterocycles. The molecule has 2 aromatic rings. The maximum Gasteiger partial charge on any atom is 0.326 e. The van der Waals surface area contributed by atoms with Crippen molar-refractivity contribution < 1.29 is 14.7 Å². The molecule has 0 saturated carbocycles. The van der Waals surface area contributed by atoms with E-state index in [-0.39, 0.29) is 6.42 Å². The van der Waals surface area contributed by atoms with E-state index in [0.717, 1.165) is 5.56 Å². The van der Waals surface area contributed by atoms with Crippen molar-refractivity contribution in [2.45, 2.75) is 12.5 Å². The van der Waals surface area contributed by atoms with Gasteiger partial charge in [-0.25, -0.2) is 4.79 Å². The summed E-state index contributed by atoms with van der Waals surface area (Å²) in [5.74, 6) is -1.53. The Hall–Kier alpha value is -2.33. The molecule has 2 N–H and O–H groups in total. The number of carbonyl (C=O) groups excluding carboxylic acids is 1. The second-order valence-electron chi connectivity index (χ2n) is 4.56. The SMILES string of the molecule is O=C(N[C@H](Cc1ccccc1)C(=O)O)c1cccc(Cl)c1. The average molecular weight is 304 g/mol. The Morgan fingerprint density at radius 1 is 1.10 bits per heavy atom. The third-order valence-corrected chi connectivity index (χ3v) is 3.21. The van der Waals surface area contributed by atoms with Crippen LogP contribution < -0.4 is 5.32 Å². The maximum atomic E-state index is 12.1. The van der Waals surface area contributed by atoms with E-state index in [1.54, 1.807) is 18.2 Å². The summed E-state index contributed by atoms with van der Waals surface area (Å²) in [6, 6.07) is 14.5. The van der Waals surface area contributed by atoms with Gasteiger partial charge in [-0.2, -0.15) is 0 Å². The molecule has 2 aromatic carbocycles. The molecular formula is C16H14ClNO3. The van der Waals surface area contributed by atoms with Gasteiger partial charge < -0.3 is 10.4 Å². The molecule has 0 aromatic heterocycles. The molecule has 0 bridgehead atoms. The standard InChI is InChI=1S/C16H14ClNO3/c17-13-8-4-7-12(10-13)15(19)18-14(16(20)21)9-11-5-2-1-3-6-11/h1-8,10,14H,9H2,(H,18,19)(H,20,21)/t14-/m1/s1. The van der Waals surface area contributed by atoms with Crippen LogP contribution in [-0.4, -0.2) is 23.0 Å². The number of benzene rings is 2. The Labute approximate surface area is 127 Å². The molecular weight excluding hydrogens is 290 g/mol. The Balaban J connectivity index is 2.10. The van der Waals surface area contributed by atoms with E-state index in [1.807, 2.05) is 30.3 Å². The number of carbonyl (C=O) groups is 2. The highest BCUT2D eigenvalue weighted by molar-refractivity contribution is 6.30. The van der Waals surface area contributed by atoms with Gasteiger partial charge in [0.1, 0.15) is 6.04 Å². The van der Waals surface area contributed by atoms with Crippen LogP contribution in [0, 0.1) is 0 Å². The lowest BCUT2D eigenvalue weighted by molar-refractivity contribution is -0.139. The third kappa shape index (κ3) is 4.33. The first kappa shape index (κ1) is 15.1. The van der Waals surface area contributed by atoms with Gasteiger partial charge in [0.15, 0.2) is 0 Å². The van der Waals surface area contributed by atoms with Gasteiger partial charge in [-0.3, -0.25) is 4.79 Å². The number of carboxylic acid groups (broad SMARTS) is 1. The predicted molar refractivity (Wildman–Crippen MR) is 80.5 cm³/mol. The van der Waals surface area contributed by atoms with E-state index in [2.05, 4.69) is 5.32 Å². The first-order valence-corrected chi connectivity index (χ1v) is 6.77. The Morgan fingerprint density at radius 2 is 1.81 bits per heavy atom. The second-order valence-corrected chi connectivity index (χ2v) is 5.00. The lowest BCUT2D eigenvalue weighted by Gasteiger charge is -2.14. The van der Waals surface area contributed by atoms with Crippen molar-refractivity contribution in [3.63, 3.8) is 0 Å². The Morgan fingerprint density at radius 3 is 2.43 bits per heavy atom. The fourth-order valence-electron chi connectivity index (χ4n) is 1.92. The van der Waals surface area contributed by atoms with Crippen molar-refractivity contribution in [3.05, 3.63) is 70.7 Å². The molecule has 108 valence electrons. The van der Waals surface area contributed by atoms with Crippen molar-refractivity contribution in [2.75, 3.05) is 0 Å². The summed E-state index contributed by atoms with van der Waals surface area (Å²) in [6.07, 6.45) is 0.225. The fourth-order valence-corrected chi connectivity index (χ4v) is 2.11. The molecule has 2 rings (SSSR count). The van der Waals surface area contributed by atoms with Gasteiger partial charge in [-0.05, 0) is 23.8 Å². The topological polar surface area (TPSA) is 66.4 Å². The molecule has 21 heavy (non-hydrogen) atoms. The van der Waals surface area contributed by atoms with Crippen LogP contribution in [0.3, 0.4) is 0 Å². The smallest absolute Gasteiger partial charge is 0.326 e. The van der Waals surface area contributed by atoms with Crippen LogP contribution in [0.4, 0.5) is 0 Å². The Kier molecular flexibility index (Phi) is 4.95. The van der Waals surface area contributed by atoms with Gasteiger partial charge in [-0.15, -0.1) is 0 Å². The van der Waals surface area contributed by atoms with Crippen molar-refractivity contribution in [1.82, 2.24) is 5.32 Å². The van der Waals surface area contributed by atoms with E-state index in [1.165, 1.54) is 6.07 Å². The van der Waals surface area contributed by atoms with E-state index < -0.39 is 17.9 Å². The summed E-state index contributed by atoms with van der Waals surface area (Å²) < 4.78 is 0. The van der Waals surface area contributed by atoms with Crippen LogP contribution in [0.5, 0.6) is 0 Å². The van der Waals surface area contributed by atoms with Gasteiger partial charge in [0, 0.05) is 17.0 Å². The Bertz CT molecular complexity index is 643. The molecule has 0 saturated heterocycles. The molecule has 0 radical (unpaired) electrons. The molecule has 0 spiro atoms. The molecule has 5 heteroatoms. The van der Waals surface area contributed by atoms with Crippen LogP contribution >= 0.6 is 11.6 Å². The molecule has 1 amide bonds. The molecule has 0 unspecified atom stereocenters. The lowest BCUT2D eigenvalue weighted by atomic mass is 10.1. The first-order valence-electron chi connectivity index (χ1n) is 6.39. The number of halogens is 1. The molecule has 0 aliphatic rings. The normalized spacial score (nSPS) is 11.7. The van der Waals surface area contributed by atoms with Crippen molar-refractivity contribution >= 4 is 23.5 Å². The van der Waals surface area contributed by atoms with E-state index in [4.69, 9.17) is 11.6 Å². The largest absolute Gasteiger partial charge is 0.480 e. The van der Waals surface area contributed by atoms with Crippen LogP contribution in [0.15, 0.2) is 54.6 Å². The van der Waals surface area contributed by atoms with E-state index >= 15 is 0 Å². The zero-order chi connectivity index (χ0) is 15.2. The van der Waals surface area contributed by atoms with Gasteiger partial charge in [-0.1, -0.05) is 48.0 Å². The maximum absolute atomic E-state index is 12.1. The summed E-state index contributed by atoms with van der Waals surface area (Å²) in [4.78, 5) is 23.4. The first-order chi connectivity index (χ1) is 10.1. The highest BCUT2D eigenvalue weighted by atomic mass is 35.5. The number of hydrogen-bond acceptors (Lipinski definition) is 2. The monoisotopic (exact) mass is 303 g/mol. The molecule has 1 atom stereocenters. The molecule has 4 nitrogen and oxygen atoms in total. The highest BCUT2D eigenvalue weighted by Gasteiger charge is 2.21. The van der Waals surface area contributed by atoms with E-state index in [0.29, 0.717) is 10.6 Å². The minimum atomic E-state index is -1.07. The predicted octanol–water partition coefficient (Wildman–Crippen LogP) is 2.77. The van der Waals surface area contributed by atoms with Crippen LogP contribution in [0.2, 0.25) is 5.02 Å². The summed E-state index contributed by atoms with van der Waals surface area (Å²) in [7, 11) is 0. The summed E-state index contributed by atoms with van der Waals surface area (Å²) in [5, 5.41) is 12.2. The van der Waals surface area contributed by atoms with Crippen molar-refractivity contribution in [3.8, 4) is 0 Å². The zero-order valence-electron chi connectivity index (χ0n) is 11.1. The van der Waals surface area contributed by atoms with Gasteiger partial charge in [0.25, 0.3) is 5.91 Å². The molecule has 0 aliphatic heterocycles. The van der Waals surface area contributed by atoms with Gasteiger partial charge in [0.05, 0.1) is 0 Å². The van der Waals surface area contributed by atoms with E-state index in [9.17, 15) is 14.7 Å². The number of nitrogens with one attached hydrogen (secondary N) is 1. The second kappa shape index (κ2) is 6.90. The van der Waals surface area contributed by atoms with Crippen molar-refractivity contribution in [1.29, 1.82) is 0 Å². The van der Waals surface area contributed by atoms with Crippen LogP contribution in [0.1, 0.15) is 15.9 Å². The van der Waals surface area contributed by atoms with Gasteiger partial charge in [0.2, 0.25) is 0 Å². The number of hydrogen-bond donors (Lipinski definition) is 2. The third-order valence-electron chi connectivity index (χ3n) is 2.97. The summed E-state index contributed by atoms with van der Waals surface area (Å²) >= 11 is 5.82. The van der Waals surface area contributed by atoms with Crippen molar-refractivity contribution in [2.24, 2.45) is 0 Å². The number of rotatable bonds is 5. The minimum absolute atomic E-state index is 0.225. The summed E-state index contributed by atoms with van der Waals surface area (Å²) in [5.41, 5.74) is 1.18. The molecule has 0 fully saturated rings. The lowest BCUT2D eigenvalue weighted by Crippen LogP contribution is -2.42. The highest BCUT2D eigenvalue weighted by Crippen LogP contribution is 2.11. The number of aliphatic carboxylic acids is 1. The van der Waals surface area contributed by atoms with Crippen LogP contribution in [-0.2, 0) is 11.2 Å². The fraction of sp³-hybridized carbons (Fsp3) is 0.125. The quantitative estimate of drug-likeness (QED) is 0.892. The van der Waals surface area contributed by atoms with Gasteiger partial charge >= 0.3 is 5.97 Å². The minimum Gasteiger partial charge on any atom is -0.480 e. The van der Waals surface area contributed by atoms with Crippen LogP contribution in [0.25, 0.3) is 0 Å². The summed E-state index contributed by atoms with van der Waals surface area (Å²) in [6.45, 7) is 0. The number of carboxylic acids is 1. The number of amides is 1.